The minimum Gasteiger partial charge on any atom is -0.462 e. The van der Waals surface area contributed by atoms with E-state index in [1.54, 1.807) is 0 Å². The van der Waals surface area contributed by atoms with Gasteiger partial charge in [0.25, 0.3) is 0 Å². The van der Waals surface area contributed by atoms with Gasteiger partial charge in [-0.2, -0.15) is 0 Å². The highest BCUT2D eigenvalue weighted by Crippen LogP contribution is 2.21. The Labute approximate surface area is 578 Å². The number of rotatable bonds is 82. The molecular formula is C87H168O5. The van der Waals surface area contributed by atoms with Crippen molar-refractivity contribution < 1.29 is 24.2 Å². The molecular weight excluding hydrogens is 1120 g/mol. The molecule has 0 aliphatic carbocycles. The summed E-state index contributed by atoms with van der Waals surface area (Å²) in [4.78, 5) is 24.7. The molecule has 1 N–H and O–H groups in total. The van der Waals surface area contributed by atoms with Crippen LogP contribution in [0, 0.1) is 0 Å². The molecule has 92 heavy (non-hydrogen) atoms. The van der Waals surface area contributed by atoms with Crippen LogP contribution in [-0.2, 0) is 19.1 Å². The average molecular weight is 1290 g/mol. The zero-order valence-electron chi connectivity index (χ0n) is 63.1. The number of aliphatic hydroxyl groups excluding tert-OH is 1. The molecule has 0 saturated heterocycles. The number of hydrogen-bond acceptors (Lipinski definition) is 5. The number of carbonyl (C=O) groups is 2. The number of carbonyl (C=O) groups excluding carboxylic acids is 2. The summed E-state index contributed by atoms with van der Waals surface area (Å²) in [6.07, 6.45) is 112. The summed E-state index contributed by atoms with van der Waals surface area (Å²) in [5.74, 6) is -0.557. The van der Waals surface area contributed by atoms with Gasteiger partial charge in [-0.15, -0.1) is 0 Å². The van der Waals surface area contributed by atoms with E-state index >= 15 is 0 Å². The van der Waals surface area contributed by atoms with Gasteiger partial charge in [-0.05, 0) is 44.9 Å². The Morgan fingerprint density at radius 3 is 0.641 bits per heavy atom. The SMILES string of the molecule is CCCCCCC/C=C\C/C=C\CCCCCCCCCCCCCCCCCCCCCCCCCCCCCC(=O)OC(CO)COC(=O)CCCCCCCCCCCCCCCCCCCCCCCCCCCCCCCCCCCCCCCCC. The van der Waals surface area contributed by atoms with E-state index in [0.29, 0.717) is 12.8 Å². The van der Waals surface area contributed by atoms with Crippen LogP contribution in [0.4, 0.5) is 0 Å². The van der Waals surface area contributed by atoms with Gasteiger partial charge < -0.3 is 14.6 Å². The molecule has 0 aromatic heterocycles. The first-order chi connectivity index (χ1) is 45.6. The average Bonchev–Trinajstić information content (AvgIpc) is 3.75. The van der Waals surface area contributed by atoms with E-state index in [2.05, 4.69) is 38.2 Å². The second-order valence-corrected chi connectivity index (χ2v) is 29.6. The fourth-order valence-electron chi connectivity index (χ4n) is 13.8. The number of allylic oxidation sites excluding steroid dienone is 4. The van der Waals surface area contributed by atoms with Crippen molar-refractivity contribution in [3.8, 4) is 0 Å². The zero-order chi connectivity index (χ0) is 66.1. The van der Waals surface area contributed by atoms with Gasteiger partial charge in [0.05, 0.1) is 6.61 Å². The predicted molar refractivity (Wildman–Crippen MR) is 408 cm³/mol. The van der Waals surface area contributed by atoms with Gasteiger partial charge in [-0.25, -0.2) is 0 Å². The lowest BCUT2D eigenvalue weighted by Gasteiger charge is -2.15. The molecule has 1 unspecified atom stereocenters. The van der Waals surface area contributed by atoms with Crippen LogP contribution in [-0.4, -0.2) is 36.4 Å². The molecule has 0 aliphatic heterocycles. The first kappa shape index (κ1) is 90.4. The van der Waals surface area contributed by atoms with Crippen molar-refractivity contribution in [1.29, 1.82) is 0 Å². The molecule has 0 aliphatic rings. The molecule has 0 fully saturated rings. The summed E-state index contributed by atoms with van der Waals surface area (Å²) in [7, 11) is 0. The normalized spacial score (nSPS) is 12.2. The van der Waals surface area contributed by atoms with E-state index < -0.39 is 6.10 Å². The van der Waals surface area contributed by atoms with Crippen molar-refractivity contribution in [2.75, 3.05) is 13.2 Å². The van der Waals surface area contributed by atoms with Gasteiger partial charge in [0.15, 0.2) is 6.10 Å². The zero-order valence-corrected chi connectivity index (χ0v) is 63.1. The molecule has 5 nitrogen and oxygen atoms in total. The number of ether oxygens (including phenoxy) is 2. The lowest BCUT2D eigenvalue weighted by Crippen LogP contribution is -2.28. The third kappa shape index (κ3) is 80.8. The maximum absolute atomic E-state index is 12.4. The molecule has 1 atom stereocenters. The second kappa shape index (κ2) is 83.6. The summed E-state index contributed by atoms with van der Waals surface area (Å²) >= 11 is 0. The second-order valence-electron chi connectivity index (χ2n) is 29.6. The van der Waals surface area contributed by atoms with Crippen LogP contribution in [0.2, 0.25) is 0 Å². The minimum absolute atomic E-state index is 0.0565. The van der Waals surface area contributed by atoms with Crippen molar-refractivity contribution in [2.24, 2.45) is 0 Å². The predicted octanol–water partition coefficient (Wildman–Crippen LogP) is 30.2. The third-order valence-corrected chi connectivity index (χ3v) is 20.2. The van der Waals surface area contributed by atoms with E-state index in [0.717, 1.165) is 38.5 Å². The quantitative estimate of drug-likeness (QED) is 0.0373. The maximum Gasteiger partial charge on any atom is 0.306 e. The van der Waals surface area contributed by atoms with Crippen molar-refractivity contribution >= 4 is 11.9 Å². The minimum atomic E-state index is -0.769. The summed E-state index contributed by atoms with van der Waals surface area (Å²) in [5.41, 5.74) is 0. The van der Waals surface area contributed by atoms with Crippen LogP contribution in [0.1, 0.15) is 502 Å². The first-order valence-electron chi connectivity index (χ1n) is 42.9. The first-order valence-corrected chi connectivity index (χ1v) is 42.9. The molecule has 5 heteroatoms. The Hall–Kier alpha value is -1.62. The topological polar surface area (TPSA) is 72.8 Å². The van der Waals surface area contributed by atoms with E-state index in [1.165, 1.54) is 437 Å². The maximum atomic E-state index is 12.4. The molecule has 0 amide bonds. The number of unbranched alkanes of at least 4 members (excludes halogenated alkanes) is 70. The Bertz CT molecular complexity index is 1420. The van der Waals surface area contributed by atoms with Crippen LogP contribution in [0.15, 0.2) is 24.3 Å². The van der Waals surface area contributed by atoms with Gasteiger partial charge in [-0.1, -0.05) is 468 Å². The number of hydrogen-bond donors (Lipinski definition) is 1. The molecule has 0 spiro atoms. The number of aliphatic hydroxyl groups is 1. The van der Waals surface area contributed by atoms with E-state index in [9.17, 15) is 14.7 Å². The largest absolute Gasteiger partial charge is 0.462 e. The molecule has 0 aromatic carbocycles. The van der Waals surface area contributed by atoms with Crippen LogP contribution in [0.5, 0.6) is 0 Å². The smallest absolute Gasteiger partial charge is 0.306 e. The van der Waals surface area contributed by atoms with Crippen LogP contribution in [0.25, 0.3) is 0 Å². The fourth-order valence-corrected chi connectivity index (χ4v) is 13.8. The summed E-state index contributed by atoms with van der Waals surface area (Å²) in [6.45, 7) is 4.22. The molecule has 0 heterocycles. The van der Waals surface area contributed by atoms with Crippen LogP contribution >= 0.6 is 0 Å². The summed E-state index contributed by atoms with van der Waals surface area (Å²) < 4.78 is 10.8. The van der Waals surface area contributed by atoms with Crippen molar-refractivity contribution in [2.45, 2.75) is 508 Å². The van der Waals surface area contributed by atoms with Gasteiger partial charge >= 0.3 is 11.9 Å². The molecule has 0 saturated carbocycles. The van der Waals surface area contributed by atoms with E-state index in [4.69, 9.17) is 9.47 Å². The van der Waals surface area contributed by atoms with Gasteiger partial charge in [0.2, 0.25) is 0 Å². The lowest BCUT2D eigenvalue weighted by molar-refractivity contribution is -0.161. The molecule has 0 rings (SSSR count). The lowest BCUT2D eigenvalue weighted by atomic mass is 10.0. The molecule has 0 bridgehead atoms. The Morgan fingerprint density at radius 2 is 0.435 bits per heavy atom. The van der Waals surface area contributed by atoms with Crippen LogP contribution < -0.4 is 0 Å². The van der Waals surface area contributed by atoms with Gasteiger partial charge in [-0.3, -0.25) is 9.59 Å². The third-order valence-electron chi connectivity index (χ3n) is 20.2. The van der Waals surface area contributed by atoms with Crippen molar-refractivity contribution in [3.63, 3.8) is 0 Å². The highest BCUT2D eigenvalue weighted by atomic mass is 16.6. The molecule has 546 valence electrons. The molecule has 0 aromatic rings. The van der Waals surface area contributed by atoms with E-state index in [1.807, 2.05) is 0 Å². The standard InChI is InChI=1S/C87H168O5/c1-3-5-7-9-11-13-15-17-19-21-23-25-27-29-31-33-35-37-39-41-43-45-47-49-51-53-55-57-59-61-63-65-67-69-71-73-75-77-79-81-86(89)91-84-85(83-88)92-87(90)82-80-78-76-74-72-70-68-66-64-62-60-58-56-54-52-50-48-46-44-42-40-38-36-34-32-30-28-26-24-22-20-18-16-14-12-10-8-6-4-2/h16,18,22,24,85,88H,3-15,17,19-21,23,25-84H2,1-2H3/b18-16-,24-22-. The number of esters is 2. The highest BCUT2D eigenvalue weighted by Gasteiger charge is 2.16. The Morgan fingerprint density at radius 1 is 0.250 bits per heavy atom. The van der Waals surface area contributed by atoms with Gasteiger partial charge in [0.1, 0.15) is 6.61 Å². The van der Waals surface area contributed by atoms with Gasteiger partial charge in [0, 0.05) is 12.8 Å². The monoisotopic (exact) mass is 1290 g/mol. The van der Waals surface area contributed by atoms with Crippen molar-refractivity contribution in [1.82, 2.24) is 0 Å². The molecule has 0 radical (unpaired) electrons. The van der Waals surface area contributed by atoms with Crippen molar-refractivity contribution in [3.05, 3.63) is 24.3 Å². The van der Waals surface area contributed by atoms with Crippen LogP contribution in [0.3, 0.4) is 0 Å². The Balaban J connectivity index is 3.33. The fraction of sp³-hybridized carbons (Fsp3) is 0.931. The highest BCUT2D eigenvalue weighted by molar-refractivity contribution is 5.70. The van der Waals surface area contributed by atoms with E-state index in [-0.39, 0.29) is 25.2 Å². The Kier molecular flexibility index (Phi) is 82.1. The summed E-state index contributed by atoms with van der Waals surface area (Å²) in [5, 5.41) is 9.74. The summed E-state index contributed by atoms with van der Waals surface area (Å²) in [6, 6.07) is 0.